The Bertz CT molecular complexity index is 431. The molecule has 1 aromatic carbocycles. The molecule has 0 saturated carbocycles. The zero-order chi connectivity index (χ0) is 12.4. The van der Waals surface area contributed by atoms with Gasteiger partial charge in [-0.15, -0.1) is 0 Å². The highest BCUT2D eigenvalue weighted by Crippen LogP contribution is 2.20. The van der Waals surface area contributed by atoms with Crippen LogP contribution in [0.2, 0.25) is 0 Å². The summed E-state index contributed by atoms with van der Waals surface area (Å²) in [5.41, 5.74) is 8.92. The molecule has 1 saturated heterocycles. The van der Waals surface area contributed by atoms with Crippen LogP contribution in [0.5, 0.6) is 0 Å². The summed E-state index contributed by atoms with van der Waals surface area (Å²) in [7, 11) is 0. The highest BCUT2D eigenvalue weighted by Gasteiger charge is 2.31. The quantitative estimate of drug-likeness (QED) is 0.808. The van der Waals surface area contributed by atoms with Gasteiger partial charge in [0.2, 0.25) is 5.91 Å². The number of carbonyl (C=O) groups excluding carboxylic acids is 1. The van der Waals surface area contributed by atoms with E-state index in [9.17, 15) is 4.79 Å². The largest absolute Gasteiger partial charge is 0.379 e. The zero-order valence-corrected chi connectivity index (χ0v) is 10.2. The zero-order valence-electron chi connectivity index (χ0n) is 10.2. The molecule has 1 aliphatic rings. The molecule has 1 amide bonds. The van der Waals surface area contributed by atoms with Crippen molar-refractivity contribution in [1.82, 2.24) is 0 Å². The topological polar surface area (TPSA) is 64.3 Å². The third kappa shape index (κ3) is 2.48. The summed E-state index contributed by atoms with van der Waals surface area (Å²) >= 11 is 0. The third-order valence-electron chi connectivity index (χ3n) is 3.32. The highest BCUT2D eigenvalue weighted by molar-refractivity contribution is 5.94. The van der Waals surface area contributed by atoms with Crippen LogP contribution in [0.3, 0.4) is 0 Å². The number of benzene rings is 1. The first-order valence-corrected chi connectivity index (χ1v) is 5.80. The van der Waals surface area contributed by atoms with E-state index in [2.05, 4.69) is 5.32 Å². The first kappa shape index (κ1) is 12.1. The standard InChI is InChI=1S/C13H18N2O2/c1-8-4-3-5-12(9(8)2)15-13(16)10-6-17-7-11(10)14/h3-5,10-11H,6-7,14H2,1-2H3,(H,15,16). The first-order valence-electron chi connectivity index (χ1n) is 5.80. The molecular weight excluding hydrogens is 216 g/mol. The van der Waals surface area contributed by atoms with Crippen molar-refractivity contribution in [1.29, 1.82) is 0 Å². The van der Waals surface area contributed by atoms with Crippen molar-refractivity contribution in [3.63, 3.8) is 0 Å². The summed E-state index contributed by atoms with van der Waals surface area (Å²) in [6.07, 6.45) is 0. The van der Waals surface area contributed by atoms with Gasteiger partial charge in [0.05, 0.1) is 19.1 Å². The van der Waals surface area contributed by atoms with Gasteiger partial charge in [-0.2, -0.15) is 0 Å². The van der Waals surface area contributed by atoms with Crippen molar-refractivity contribution in [2.75, 3.05) is 18.5 Å². The second-order valence-corrected chi connectivity index (χ2v) is 4.54. The maximum absolute atomic E-state index is 12.0. The van der Waals surface area contributed by atoms with Crippen molar-refractivity contribution in [3.05, 3.63) is 29.3 Å². The molecule has 17 heavy (non-hydrogen) atoms. The Hall–Kier alpha value is -1.39. The van der Waals surface area contributed by atoms with Crippen molar-refractivity contribution < 1.29 is 9.53 Å². The summed E-state index contributed by atoms with van der Waals surface area (Å²) in [5, 5.41) is 2.92. The Kier molecular flexibility index (Phi) is 3.45. The Morgan fingerprint density at radius 2 is 2.18 bits per heavy atom. The number of ether oxygens (including phenoxy) is 1. The summed E-state index contributed by atoms with van der Waals surface area (Å²) in [6, 6.07) is 5.67. The van der Waals surface area contributed by atoms with Gasteiger partial charge >= 0.3 is 0 Å². The molecule has 1 aromatic rings. The van der Waals surface area contributed by atoms with Crippen molar-refractivity contribution >= 4 is 11.6 Å². The Morgan fingerprint density at radius 3 is 2.82 bits per heavy atom. The van der Waals surface area contributed by atoms with Gasteiger partial charge in [0.25, 0.3) is 0 Å². The minimum atomic E-state index is -0.241. The number of nitrogens with two attached hydrogens (primary N) is 1. The van der Waals surface area contributed by atoms with Crippen LogP contribution in [0.25, 0.3) is 0 Å². The lowest BCUT2D eigenvalue weighted by Gasteiger charge is -2.15. The van der Waals surface area contributed by atoms with Crippen LogP contribution in [-0.4, -0.2) is 25.2 Å². The SMILES string of the molecule is Cc1cccc(NC(=O)C2COCC2N)c1C. The van der Waals surface area contributed by atoms with E-state index in [4.69, 9.17) is 10.5 Å². The molecule has 4 heteroatoms. The number of hydrogen-bond donors (Lipinski definition) is 2. The van der Waals surface area contributed by atoms with Gasteiger partial charge in [-0.3, -0.25) is 4.79 Å². The average Bonchev–Trinajstić information content (AvgIpc) is 2.71. The molecule has 2 unspecified atom stereocenters. The van der Waals surface area contributed by atoms with Crippen LogP contribution in [0.4, 0.5) is 5.69 Å². The smallest absolute Gasteiger partial charge is 0.231 e. The van der Waals surface area contributed by atoms with Gasteiger partial charge in [0.15, 0.2) is 0 Å². The predicted octanol–water partition coefficient (Wildman–Crippen LogP) is 1.22. The molecule has 0 radical (unpaired) electrons. The normalized spacial score (nSPS) is 23.7. The molecule has 0 bridgehead atoms. The van der Waals surface area contributed by atoms with Crippen LogP contribution >= 0.6 is 0 Å². The molecule has 0 spiro atoms. The molecule has 3 N–H and O–H groups in total. The molecule has 92 valence electrons. The van der Waals surface area contributed by atoms with Crippen LogP contribution in [-0.2, 0) is 9.53 Å². The minimum absolute atomic E-state index is 0.0521. The number of amides is 1. The fourth-order valence-electron chi connectivity index (χ4n) is 1.95. The second-order valence-electron chi connectivity index (χ2n) is 4.54. The lowest BCUT2D eigenvalue weighted by molar-refractivity contribution is -0.120. The van der Waals surface area contributed by atoms with Gasteiger partial charge < -0.3 is 15.8 Å². The van der Waals surface area contributed by atoms with Crippen LogP contribution in [0.15, 0.2) is 18.2 Å². The van der Waals surface area contributed by atoms with E-state index in [-0.39, 0.29) is 17.9 Å². The molecule has 0 aliphatic carbocycles. The van der Waals surface area contributed by atoms with Crippen LogP contribution in [0, 0.1) is 19.8 Å². The fraction of sp³-hybridized carbons (Fsp3) is 0.462. The van der Waals surface area contributed by atoms with E-state index >= 15 is 0 Å². The molecule has 1 heterocycles. The first-order chi connectivity index (χ1) is 8.09. The van der Waals surface area contributed by atoms with E-state index in [0.29, 0.717) is 13.2 Å². The Morgan fingerprint density at radius 1 is 1.41 bits per heavy atom. The molecule has 1 aliphatic heterocycles. The van der Waals surface area contributed by atoms with Gasteiger partial charge in [0, 0.05) is 11.7 Å². The van der Waals surface area contributed by atoms with E-state index in [1.54, 1.807) is 0 Å². The molecule has 4 nitrogen and oxygen atoms in total. The highest BCUT2D eigenvalue weighted by atomic mass is 16.5. The lowest BCUT2D eigenvalue weighted by Crippen LogP contribution is -2.37. The van der Waals surface area contributed by atoms with Crippen molar-refractivity contribution in [3.8, 4) is 0 Å². The summed E-state index contributed by atoms with van der Waals surface area (Å²) < 4.78 is 5.20. The van der Waals surface area contributed by atoms with E-state index in [0.717, 1.165) is 16.8 Å². The van der Waals surface area contributed by atoms with E-state index in [1.807, 2.05) is 32.0 Å². The fourth-order valence-corrected chi connectivity index (χ4v) is 1.95. The second kappa shape index (κ2) is 4.85. The third-order valence-corrected chi connectivity index (χ3v) is 3.32. The van der Waals surface area contributed by atoms with Crippen molar-refractivity contribution in [2.45, 2.75) is 19.9 Å². The predicted molar refractivity (Wildman–Crippen MR) is 66.8 cm³/mol. The van der Waals surface area contributed by atoms with Gasteiger partial charge in [-0.05, 0) is 31.0 Å². The maximum Gasteiger partial charge on any atom is 0.231 e. The summed E-state index contributed by atoms with van der Waals surface area (Å²) in [5.74, 6) is -0.293. The average molecular weight is 234 g/mol. The van der Waals surface area contributed by atoms with Crippen LogP contribution < -0.4 is 11.1 Å². The number of nitrogens with one attached hydrogen (secondary N) is 1. The number of aryl methyl sites for hydroxylation is 1. The number of hydrogen-bond acceptors (Lipinski definition) is 3. The molecule has 2 rings (SSSR count). The molecule has 0 aromatic heterocycles. The Labute approximate surface area is 101 Å². The van der Waals surface area contributed by atoms with Crippen molar-refractivity contribution in [2.24, 2.45) is 11.7 Å². The summed E-state index contributed by atoms with van der Waals surface area (Å²) in [4.78, 5) is 12.0. The van der Waals surface area contributed by atoms with Gasteiger partial charge in [-0.1, -0.05) is 12.1 Å². The van der Waals surface area contributed by atoms with Crippen LogP contribution in [0.1, 0.15) is 11.1 Å². The number of rotatable bonds is 2. The Balaban J connectivity index is 2.10. The maximum atomic E-state index is 12.0. The number of carbonyl (C=O) groups is 1. The summed E-state index contributed by atoms with van der Waals surface area (Å²) in [6.45, 7) is 4.90. The number of anilines is 1. The molecule has 2 atom stereocenters. The van der Waals surface area contributed by atoms with E-state index < -0.39 is 0 Å². The molecular formula is C13H18N2O2. The minimum Gasteiger partial charge on any atom is -0.379 e. The van der Waals surface area contributed by atoms with Gasteiger partial charge in [-0.25, -0.2) is 0 Å². The lowest BCUT2D eigenvalue weighted by atomic mass is 10.0. The molecule has 1 fully saturated rings. The monoisotopic (exact) mass is 234 g/mol. The van der Waals surface area contributed by atoms with E-state index in [1.165, 1.54) is 0 Å². The van der Waals surface area contributed by atoms with Gasteiger partial charge in [0.1, 0.15) is 0 Å².